The zero-order valence-electron chi connectivity index (χ0n) is 13.1. The van der Waals surface area contributed by atoms with Crippen LogP contribution in [0.2, 0.25) is 0 Å². The molecule has 1 aromatic heterocycles. The number of amides is 2. The van der Waals surface area contributed by atoms with E-state index in [4.69, 9.17) is 4.42 Å². The van der Waals surface area contributed by atoms with Gasteiger partial charge in [0.25, 0.3) is 0 Å². The molecule has 0 saturated carbocycles. The molecule has 1 fully saturated rings. The van der Waals surface area contributed by atoms with Gasteiger partial charge in [-0.15, -0.1) is 0 Å². The molecule has 122 valence electrons. The topological polar surface area (TPSA) is 70.4 Å². The van der Waals surface area contributed by atoms with Crippen molar-refractivity contribution in [1.82, 2.24) is 10.3 Å². The van der Waals surface area contributed by atoms with Crippen molar-refractivity contribution >= 4 is 17.4 Å². The summed E-state index contributed by atoms with van der Waals surface area (Å²) in [5.41, 5.74) is 2.62. The fourth-order valence-electron chi connectivity index (χ4n) is 2.83. The molecule has 2 heterocycles. The van der Waals surface area contributed by atoms with E-state index in [1.807, 2.05) is 18.2 Å². The summed E-state index contributed by atoms with van der Waals surface area (Å²) in [5, 5.41) is 5.73. The van der Waals surface area contributed by atoms with Gasteiger partial charge in [-0.3, -0.25) is 0 Å². The Morgan fingerprint density at radius 3 is 2.70 bits per heavy atom. The minimum absolute atomic E-state index is 0.240. The zero-order chi connectivity index (χ0) is 15.9. The first kappa shape index (κ1) is 15.4. The first-order valence-electron chi connectivity index (χ1n) is 8.09. The maximum absolute atomic E-state index is 12.1. The van der Waals surface area contributed by atoms with Crippen molar-refractivity contribution in [2.45, 2.75) is 32.2 Å². The molecule has 0 aliphatic carbocycles. The van der Waals surface area contributed by atoms with Crippen LogP contribution in [-0.2, 0) is 6.54 Å². The number of hydrogen-bond donors (Lipinski definition) is 2. The van der Waals surface area contributed by atoms with Crippen LogP contribution < -0.4 is 15.5 Å². The number of benzene rings is 1. The van der Waals surface area contributed by atoms with Gasteiger partial charge in [-0.25, -0.2) is 9.78 Å². The molecule has 6 nitrogen and oxygen atoms in total. The Bertz CT molecular complexity index is 619. The monoisotopic (exact) mass is 314 g/mol. The second kappa shape index (κ2) is 7.67. The van der Waals surface area contributed by atoms with E-state index in [-0.39, 0.29) is 6.03 Å². The predicted molar refractivity (Wildman–Crippen MR) is 89.5 cm³/mol. The van der Waals surface area contributed by atoms with Gasteiger partial charge in [-0.1, -0.05) is 25.0 Å². The van der Waals surface area contributed by atoms with Crippen LogP contribution in [0.15, 0.2) is 41.3 Å². The van der Waals surface area contributed by atoms with Crippen molar-refractivity contribution in [3.8, 4) is 0 Å². The molecule has 1 saturated heterocycles. The zero-order valence-corrected chi connectivity index (χ0v) is 13.1. The summed E-state index contributed by atoms with van der Waals surface area (Å²) in [4.78, 5) is 18.5. The van der Waals surface area contributed by atoms with Crippen molar-refractivity contribution in [3.63, 3.8) is 0 Å². The summed E-state index contributed by atoms with van der Waals surface area (Å²) in [6.45, 7) is 2.42. The van der Waals surface area contributed by atoms with Gasteiger partial charge >= 0.3 is 6.03 Å². The Balaban J connectivity index is 1.63. The second-order valence-corrected chi connectivity index (χ2v) is 5.71. The summed E-state index contributed by atoms with van der Waals surface area (Å²) in [6, 6.07) is 7.72. The molecule has 0 radical (unpaired) electrons. The third kappa shape index (κ3) is 4.25. The molecule has 1 aromatic carbocycles. The van der Waals surface area contributed by atoms with Crippen LogP contribution in [0.5, 0.6) is 0 Å². The molecule has 1 aliphatic rings. The van der Waals surface area contributed by atoms with Gasteiger partial charge in [0.1, 0.15) is 6.26 Å². The van der Waals surface area contributed by atoms with E-state index < -0.39 is 0 Å². The average molecular weight is 314 g/mol. The van der Waals surface area contributed by atoms with Gasteiger partial charge in [0.15, 0.2) is 6.39 Å². The first-order chi connectivity index (χ1) is 11.3. The van der Waals surface area contributed by atoms with Crippen LogP contribution in [0, 0.1) is 0 Å². The van der Waals surface area contributed by atoms with Crippen molar-refractivity contribution in [1.29, 1.82) is 0 Å². The molecule has 0 bridgehead atoms. The Hall–Kier alpha value is -2.50. The van der Waals surface area contributed by atoms with Crippen LogP contribution in [0.4, 0.5) is 16.2 Å². The normalized spacial score (nSPS) is 15.0. The highest BCUT2D eigenvalue weighted by Crippen LogP contribution is 2.27. The molecule has 23 heavy (non-hydrogen) atoms. The van der Waals surface area contributed by atoms with Gasteiger partial charge < -0.3 is 20.0 Å². The summed E-state index contributed by atoms with van der Waals surface area (Å²) >= 11 is 0. The number of hydrogen-bond acceptors (Lipinski definition) is 4. The number of urea groups is 1. The predicted octanol–water partition coefficient (Wildman–Crippen LogP) is 3.38. The van der Waals surface area contributed by atoms with Crippen LogP contribution in [0.25, 0.3) is 0 Å². The van der Waals surface area contributed by atoms with E-state index in [2.05, 4.69) is 26.6 Å². The van der Waals surface area contributed by atoms with Crippen LogP contribution in [0.3, 0.4) is 0 Å². The lowest BCUT2D eigenvalue weighted by atomic mass is 10.2. The van der Waals surface area contributed by atoms with Crippen LogP contribution in [-0.4, -0.2) is 24.1 Å². The van der Waals surface area contributed by atoms with E-state index >= 15 is 0 Å². The number of aromatic nitrogens is 1. The average Bonchev–Trinajstić information content (AvgIpc) is 2.95. The van der Waals surface area contributed by atoms with Gasteiger partial charge in [0.2, 0.25) is 0 Å². The second-order valence-electron chi connectivity index (χ2n) is 5.71. The standard InChI is InChI=1S/C17H22N4O2/c22-17(18-11-14-12-23-13-19-14)20-15-7-3-4-8-16(15)21-9-5-1-2-6-10-21/h3-4,7-8,12-13H,1-2,5-6,9-11H2,(H2,18,20,22). The number of anilines is 2. The number of oxazole rings is 1. The molecule has 0 unspecified atom stereocenters. The molecule has 3 rings (SSSR count). The lowest BCUT2D eigenvalue weighted by molar-refractivity contribution is 0.251. The minimum atomic E-state index is -0.240. The van der Waals surface area contributed by atoms with E-state index in [1.165, 1.54) is 38.3 Å². The van der Waals surface area contributed by atoms with E-state index in [0.29, 0.717) is 12.2 Å². The molecule has 1 aliphatic heterocycles. The Kier molecular flexibility index (Phi) is 5.13. The Morgan fingerprint density at radius 2 is 1.96 bits per heavy atom. The number of nitrogens with one attached hydrogen (secondary N) is 2. The lowest BCUT2D eigenvalue weighted by Gasteiger charge is -2.25. The van der Waals surface area contributed by atoms with Gasteiger partial charge in [0, 0.05) is 13.1 Å². The number of carbonyl (C=O) groups excluding carboxylic acids is 1. The lowest BCUT2D eigenvalue weighted by Crippen LogP contribution is -2.30. The van der Waals surface area contributed by atoms with Crippen molar-refractivity contribution in [3.05, 3.63) is 42.6 Å². The number of nitrogens with zero attached hydrogens (tertiary/aromatic N) is 2. The first-order valence-corrected chi connectivity index (χ1v) is 8.09. The number of carbonyl (C=O) groups is 1. The summed E-state index contributed by atoms with van der Waals surface area (Å²) in [6.07, 6.45) is 7.84. The number of para-hydroxylation sites is 2. The Morgan fingerprint density at radius 1 is 1.17 bits per heavy atom. The maximum atomic E-state index is 12.1. The highest BCUT2D eigenvalue weighted by molar-refractivity contribution is 5.93. The third-order valence-corrected chi connectivity index (χ3v) is 4.01. The van der Waals surface area contributed by atoms with Gasteiger partial charge in [0.05, 0.1) is 23.6 Å². The molecular weight excluding hydrogens is 292 g/mol. The van der Waals surface area contributed by atoms with Gasteiger partial charge in [-0.05, 0) is 25.0 Å². The molecule has 6 heteroatoms. The molecule has 2 amide bonds. The Labute approximate surface area is 135 Å². The smallest absolute Gasteiger partial charge is 0.319 e. The van der Waals surface area contributed by atoms with Crippen molar-refractivity contribution in [2.75, 3.05) is 23.3 Å². The maximum Gasteiger partial charge on any atom is 0.319 e. The highest BCUT2D eigenvalue weighted by Gasteiger charge is 2.14. The minimum Gasteiger partial charge on any atom is -0.451 e. The quantitative estimate of drug-likeness (QED) is 0.907. The van der Waals surface area contributed by atoms with E-state index in [9.17, 15) is 4.79 Å². The summed E-state index contributed by atoms with van der Waals surface area (Å²) < 4.78 is 4.89. The largest absolute Gasteiger partial charge is 0.451 e. The van der Waals surface area contributed by atoms with Crippen molar-refractivity contribution in [2.24, 2.45) is 0 Å². The molecule has 2 aromatic rings. The fraction of sp³-hybridized carbons (Fsp3) is 0.412. The van der Waals surface area contributed by atoms with Crippen LogP contribution in [0.1, 0.15) is 31.4 Å². The molecule has 0 spiro atoms. The van der Waals surface area contributed by atoms with Gasteiger partial charge in [-0.2, -0.15) is 0 Å². The third-order valence-electron chi connectivity index (χ3n) is 4.01. The SMILES string of the molecule is O=C(NCc1cocn1)Nc1ccccc1N1CCCCCC1. The van der Waals surface area contributed by atoms with Crippen molar-refractivity contribution < 1.29 is 9.21 Å². The molecule has 0 atom stereocenters. The van der Waals surface area contributed by atoms with E-state index in [1.54, 1.807) is 0 Å². The summed E-state index contributed by atoms with van der Waals surface area (Å²) in [7, 11) is 0. The summed E-state index contributed by atoms with van der Waals surface area (Å²) in [5.74, 6) is 0. The van der Waals surface area contributed by atoms with E-state index in [0.717, 1.165) is 24.5 Å². The highest BCUT2D eigenvalue weighted by atomic mass is 16.3. The molecule has 2 N–H and O–H groups in total. The van der Waals surface area contributed by atoms with Crippen LogP contribution >= 0.6 is 0 Å². The number of rotatable bonds is 4. The molecular formula is C17H22N4O2. The fourth-order valence-corrected chi connectivity index (χ4v) is 2.83.